The maximum absolute atomic E-state index is 11.3. The Morgan fingerprint density at radius 2 is 2.15 bits per heavy atom. The minimum absolute atomic E-state index is 0.233. The van der Waals surface area contributed by atoms with Crippen LogP contribution in [-0.2, 0) is 9.53 Å². The number of urea groups is 1. The molecule has 0 atom stereocenters. The summed E-state index contributed by atoms with van der Waals surface area (Å²) in [6, 6.07) is -0.601. The fraction of sp³-hybridized carbons (Fsp3) is 0.750. The number of ether oxygens (including phenoxy) is 1. The largest absolute Gasteiger partial charge is 0.466 e. The molecule has 0 aromatic heterocycles. The molecular formula is C8H14N2O3. The first-order valence-corrected chi connectivity index (χ1v) is 4.31. The zero-order valence-electron chi connectivity index (χ0n) is 7.63. The van der Waals surface area contributed by atoms with Crippen molar-refractivity contribution >= 4 is 12.0 Å². The zero-order valence-corrected chi connectivity index (χ0v) is 7.63. The average molecular weight is 186 g/mol. The first kappa shape index (κ1) is 9.83. The Morgan fingerprint density at radius 1 is 1.54 bits per heavy atom. The third-order valence-electron chi connectivity index (χ3n) is 2.16. The molecule has 1 saturated carbocycles. The van der Waals surface area contributed by atoms with Crippen molar-refractivity contribution in [3.8, 4) is 0 Å². The molecule has 0 aromatic carbocycles. The van der Waals surface area contributed by atoms with Crippen molar-refractivity contribution in [2.45, 2.75) is 19.8 Å². The van der Waals surface area contributed by atoms with Crippen LogP contribution < -0.4 is 11.1 Å². The summed E-state index contributed by atoms with van der Waals surface area (Å²) in [6.07, 6.45) is 1.54. The molecule has 0 unspecified atom stereocenters. The van der Waals surface area contributed by atoms with Crippen molar-refractivity contribution < 1.29 is 14.3 Å². The van der Waals surface area contributed by atoms with E-state index in [1.807, 2.05) is 0 Å². The second-order valence-electron chi connectivity index (χ2n) is 3.22. The SMILES string of the molecule is CCOC(=O)C1(CNC(N)=O)CC1. The van der Waals surface area contributed by atoms with Crippen LogP contribution in [0.5, 0.6) is 0 Å². The van der Waals surface area contributed by atoms with E-state index in [2.05, 4.69) is 5.32 Å². The van der Waals surface area contributed by atoms with E-state index in [-0.39, 0.29) is 5.97 Å². The Hall–Kier alpha value is -1.26. The van der Waals surface area contributed by atoms with Gasteiger partial charge in [-0.1, -0.05) is 0 Å². The molecule has 1 aliphatic carbocycles. The van der Waals surface area contributed by atoms with Gasteiger partial charge in [0.1, 0.15) is 0 Å². The summed E-state index contributed by atoms with van der Waals surface area (Å²) < 4.78 is 4.87. The topological polar surface area (TPSA) is 81.4 Å². The maximum atomic E-state index is 11.3. The highest BCUT2D eigenvalue weighted by molar-refractivity contribution is 5.81. The third-order valence-corrected chi connectivity index (χ3v) is 2.16. The highest BCUT2D eigenvalue weighted by Gasteiger charge is 2.51. The molecule has 5 heteroatoms. The van der Waals surface area contributed by atoms with E-state index in [4.69, 9.17) is 10.5 Å². The van der Waals surface area contributed by atoms with Gasteiger partial charge in [0.2, 0.25) is 0 Å². The zero-order chi connectivity index (χ0) is 9.90. The van der Waals surface area contributed by atoms with Gasteiger partial charge in [0.15, 0.2) is 0 Å². The van der Waals surface area contributed by atoms with Crippen LogP contribution in [-0.4, -0.2) is 25.2 Å². The molecule has 74 valence electrons. The normalized spacial score (nSPS) is 17.6. The number of rotatable bonds is 4. The second-order valence-corrected chi connectivity index (χ2v) is 3.22. The van der Waals surface area contributed by atoms with Crippen LogP contribution in [0.3, 0.4) is 0 Å². The molecule has 0 heterocycles. The Kier molecular flexibility index (Phi) is 2.75. The summed E-state index contributed by atoms with van der Waals surface area (Å²) in [7, 11) is 0. The predicted molar refractivity (Wildman–Crippen MR) is 45.9 cm³/mol. The van der Waals surface area contributed by atoms with Crippen LogP contribution in [0, 0.1) is 5.41 Å². The Labute approximate surface area is 76.6 Å². The number of nitrogens with one attached hydrogen (secondary N) is 1. The van der Waals surface area contributed by atoms with E-state index >= 15 is 0 Å². The van der Waals surface area contributed by atoms with E-state index < -0.39 is 11.4 Å². The monoisotopic (exact) mass is 186 g/mol. The molecule has 2 amide bonds. The van der Waals surface area contributed by atoms with Crippen molar-refractivity contribution in [2.75, 3.05) is 13.2 Å². The summed E-state index contributed by atoms with van der Waals surface area (Å²) in [4.78, 5) is 21.7. The molecule has 13 heavy (non-hydrogen) atoms. The van der Waals surface area contributed by atoms with Crippen LogP contribution in [0.1, 0.15) is 19.8 Å². The van der Waals surface area contributed by atoms with E-state index in [9.17, 15) is 9.59 Å². The van der Waals surface area contributed by atoms with Gasteiger partial charge in [-0.05, 0) is 19.8 Å². The number of carbonyl (C=O) groups is 2. The molecule has 0 radical (unpaired) electrons. The number of primary amides is 1. The molecule has 0 bridgehead atoms. The lowest BCUT2D eigenvalue weighted by molar-refractivity contribution is -0.149. The van der Waals surface area contributed by atoms with Crippen LogP contribution in [0.2, 0.25) is 0 Å². The molecule has 3 N–H and O–H groups in total. The van der Waals surface area contributed by atoms with Crippen molar-refractivity contribution in [1.82, 2.24) is 5.32 Å². The predicted octanol–water partition coefficient (Wildman–Crippen LogP) is -0.00200. The van der Waals surface area contributed by atoms with Gasteiger partial charge in [0, 0.05) is 6.54 Å². The summed E-state index contributed by atoms with van der Waals surface area (Å²) >= 11 is 0. The maximum Gasteiger partial charge on any atom is 0.313 e. The fourth-order valence-corrected chi connectivity index (χ4v) is 1.14. The molecular weight excluding hydrogens is 172 g/mol. The standard InChI is InChI=1S/C8H14N2O3/c1-2-13-6(11)8(3-4-8)5-10-7(9)12/h2-5H2,1H3,(H3,9,10,12). The van der Waals surface area contributed by atoms with Crippen LogP contribution >= 0.6 is 0 Å². The molecule has 0 spiro atoms. The van der Waals surface area contributed by atoms with Crippen molar-refractivity contribution in [1.29, 1.82) is 0 Å². The number of nitrogens with two attached hydrogens (primary N) is 1. The van der Waals surface area contributed by atoms with Crippen LogP contribution in [0.4, 0.5) is 4.79 Å². The van der Waals surface area contributed by atoms with Gasteiger partial charge >= 0.3 is 12.0 Å². The van der Waals surface area contributed by atoms with Gasteiger partial charge in [-0.15, -0.1) is 0 Å². The first-order valence-electron chi connectivity index (χ1n) is 4.31. The molecule has 0 aliphatic heterocycles. The highest BCUT2D eigenvalue weighted by Crippen LogP contribution is 2.46. The molecule has 5 nitrogen and oxygen atoms in total. The molecule has 1 aliphatic rings. The molecule has 0 saturated heterocycles. The lowest BCUT2D eigenvalue weighted by Gasteiger charge is -2.13. The lowest BCUT2D eigenvalue weighted by Crippen LogP contribution is -2.38. The van der Waals surface area contributed by atoms with Crippen LogP contribution in [0.25, 0.3) is 0 Å². The number of hydrogen-bond donors (Lipinski definition) is 2. The van der Waals surface area contributed by atoms with Crippen molar-refractivity contribution in [3.63, 3.8) is 0 Å². The first-order chi connectivity index (χ1) is 6.10. The summed E-state index contributed by atoms with van der Waals surface area (Å²) in [5.74, 6) is -0.233. The van der Waals surface area contributed by atoms with Gasteiger partial charge in [-0.3, -0.25) is 4.79 Å². The van der Waals surface area contributed by atoms with Crippen LogP contribution in [0.15, 0.2) is 0 Å². The van der Waals surface area contributed by atoms with Gasteiger partial charge < -0.3 is 15.8 Å². The van der Waals surface area contributed by atoms with Gasteiger partial charge in [0.05, 0.1) is 12.0 Å². The summed E-state index contributed by atoms with van der Waals surface area (Å²) in [5, 5.41) is 2.43. The number of carbonyl (C=O) groups excluding carboxylic acids is 2. The fourth-order valence-electron chi connectivity index (χ4n) is 1.14. The Morgan fingerprint density at radius 3 is 2.54 bits per heavy atom. The van der Waals surface area contributed by atoms with Gasteiger partial charge in [-0.25, -0.2) is 4.79 Å². The van der Waals surface area contributed by atoms with E-state index in [1.165, 1.54) is 0 Å². The van der Waals surface area contributed by atoms with E-state index in [0.717, 1.165) is 12.8 Å². The van der Waals surface area contributed by atoms with Crippen molar-refractivity contribution in [3.05, 3.63) is 0 Å². The third kappa shape index (κ3) is 2.34. The van der Waals surface area contributed by atoms with E-state index in [0.29, 0.717) is 13.2 Å². The second kappa shape index (κ2) is 3.64. The smallest absolute Gasteiger partial charge is 0.313 e. The molecule has 1 fully saturated rings. The van der Waals surface area contributed by atoms with Gasteiger partial charge in [-0.2, -0.15) is 0 Å². The quantitative estimate of drug-likeness (QED) is 0.606. The Bertz CT molecular complexity index is 223. The minimum atomic E-state index is -0.601. The molecule has 1 rings (SSSR count). The minimum Gasteiger partial charge on any atom is -0.466 e. The summed E-state index contributed by atoms with van der Waals surface area (Å²) in [6.45, 7) is 2.42. The highest BCUT2D eigenvalue weighted by atomic mass is 16.5. The lowest BCUT2D eigenvalue weighted by atomic mass is 10.1. The van der Waals surface area contributed by atoms with E-state index in [1.54, 1.807) is 6.92 Å². The van der Waals surface area contributed by atoms with Crippen molar-refractivity contribution in [2.24, 2.45) is 11.1 Å². The van der Waals surface area contributed by atoms with Gasteiger partial charge in [0.25, 0.3) is 0 Å². The number of hydrogen-bond acceptors (Lipinski definition) is 3. The molecule has 0 aromatic rings. The average Bonchev–Trinajstić information content (AvgIpc) is 2.82. The Balaban J connectivity index is 2.38. The number of amides is 2. The summed E-state index contributed by atoms with van der Waals surface area (Å²) in [5.41, 5.74) is 4.42. The number of esters is 1.